The third kappa shape index (κ3) is 4.82. The fourth-order valence-corrected chi connectivity index (χ4v) is 1.85. The smallest absolute Gasteiger partial charge is 0.325 e. The molecule has 0 aliphatic heterocycles. The Bertz CT molecular complexity index is 569. The number of hydrogen-bond donors (Lipinski definition) is 3. The first kappa shape index (κ1) is 17.1. The predicted octanol–water partition coefficient (Wildman–Crippen LogP) is 2.74. The first-order chi connectivity index (χ1) is 9.63. The van der Waals surface area contributed by atoms with Gasteiger partial charge in [-0.25, -0.2) is 9.18 Å². The highest BCUT2D eigenvalue weighted by atomic mass is 79.9. The number of benzene rings is 1. The Balaban J connectivity index is 2.66. The summed E-state index contributed by atoms with van der Waals surface area (Å²) >= 11 is 3.06. The van der Waals surface area contributed by atoms with Crippen LogP contribution in [0, 0.1) is 11.2 Å². The summed E-state index contributed by atoms with van der Waals surface area (Å²) in [6, 6.07) is 3.18. The van der Waals surface area contributed by atoms with Crippen LogP contribution in [0.5, 0.6) is 0 Å². The third-order valence-corrected chi connectivity index (χ3v) is 3.30. The van der Waals surface area contributed by atoms with E-state index in [2.05, 4.69) is 21.2 Å². The first-order valence-electron chi connectivity index (χ1n) is 5.92. The number of nitrogens with one attached hydrogen (secondary N) is 2. The molecule has 1 rings (SSSR count). The van der Waals surface area contributed by atoms with Crippen LogP contribution in [-0.4, -0.2) is 23.0 Å². The molecule has 0 heterocycles. The summed E-state index contributed by atoms with van der Waals surface area (Å²) in [5.74, 6) is -2.60. The summed E-state index contributed by atoms with van der Waals surface area (Å²) in [4.78, 5) is 34.1. The van der Waals surface area contributed by atoms with Gasteiger partial charge < -0.3 is 10.4 Å². The number of hydrogen-bond acceptors (Lipinski definition) is 3. The molecule has 0 saturated heterocycles. The van der Waals surface area contributed by atoms with E-state index in [4.69, 9.17) is 5.11 Å². The lowest BCUT2D eigenvalue weighted by molar-refractivity contribution is -0.149. The van der Waals surface area contributed by atoms with E-state index in [9.17, 15) is 18.8 Å². The molecule has 0 fully saturated rings. The van der Waals surface area contributed by atoms with Crippen molar-refractivity contribution >= 4 is 39.5 Å². The number of amides is 3. The van der Waals surface area contributed by atoms with Crippen molar-refractivity contribution in [2.45, 2.75) is 20.3 Å². The maximum atomic E-state index is 13.5. The maximum absolute atomic E-state index is 13.5. The SMILES string of the molecule is CC(C)(CC(=O)NC(=O)Nc1c(F)cccc1Br)C(=O)O. The summed E-state index contributed by atoms with van der Waals surface area (Å²) in [6.07, 6.45) is -0.381. The van der Waals surface area contributed by atoms with Crippen molar-refractivity contribution in [1.29, 1.82) is 0 Å². The minimum absolute atomic E-state index is 0.111. The minimum Gasteiger partial charge on any atom is -0.481 e. The van der Waals surface area contributed by atoms with Crippen LogP contribution in [0.15, 0.2) is 22.7 Å². The van der Waals surface area contributed by atoms with Crippen molar-refractivity contribution in [3.05, 3.63) is 28.5 Å². The monoisotopic (exact) mass is 360 g/mol. The van der Waals surface area contributed by atoms with Crippen LogP contribution in [0.3, 0.4) is 0 Å². The number of urea groups is 1. The fraction of sp³-hybridized carbons (Fsp3) is 0.308. The molecule has 1 aromatic carbocycles. The fourth-order valence-electron chi connectivity index (χ4n) is 1.41. The zero-order chi connectivity index (χ0) is 16.2. The van der Waals surface area contributed by atoms with Crippen LogP contribution in [0.1, 0.15) is 20.3 Å². The van der Waals surface area contributed by atoms with E-state index in [-0.39, 0.29) is 12.1 Å². The highest BCUT2D eigenvalue weighted by Crippen LogP contribution is 2.25. The van der Waals surface area contributed by atoms with Gasteiger partial charge in [-0.3, -0.25) is 14.9 Å². The quantitative estimate of drug-likeness (QED) is 0.769. The lowest BCUT2D eigenvalue weighted by Crippen LogP contribution is -2.38. The van der Waals surface area contributed by atoms with Crippen LogP contribution in [0.4, 0.5) is 14.9 Å². The van der Waals surface area contributed by atoms with Crippen LogP contribution in [0.2, 0.25) is 0 Å². The first-order valence-corrected chi connectivity index (χ1v) is 6.71. The Kier molecular flexibility index (Phi) is 5.42. The summed E-state index contributed by atoms with van der Waals surface area (Å²) in [5, 5.41) is 13.0. The van der Waals surface area contributed by atoms with E-state index in [1.165, 1.54) is 26.0 Å². The predicted molar refractivity (Wildman–Crippen MR) is 77.3 cm³/mol. The number of carbonyl (C=O) groups excluding carboxylic acids is 2. The Labute approximate surface area is 128 Å². The van der Waals surface area contributed by atoms with Gasteiger partial charge in [0.1, 0.15) is 5.82 Å². The second-order valence-corrected chi connectivity index (χ2v) is 5.82. The van der Waals surface area contributed by atoms with Crippen LogP contribution < -0.4 is 10.6 Å². The van der Waals surface area contributed by atoms with Crippen LogP contribution in [-0.2, 0) is 9.59 Å². The van der Waals surface area contributed by atoms with E-state index in [0.29, 0.717) is 4.47 Å². The second kappa shape index (κ2) is 6.66. The third-order valence-electron chi connectivity index (χ3n) is 2.64. The number of carboxylic acids is 1. The normalized spacial score (nSPS) is 10.9. The molecular formula is C13H14BrFN2O4. The number of imide groups is 1. The largest absolute Gasteiger partial charge is 0.481 e. The molecule has 3 amide bonds. The highest BCUT2D eigenvalue weighted by Gasteiger charge is 2.30. The molecule has 8 heteroatoms. The van der Waals surface area contributed by atoms with Gasteiger partial charge in [-0.1, -0.05) is 6.07 Å². The molecule has 0 bridgehead atoms. The molecular weight excluding hydrogens is 347 g/mol. The molecule has 3 N–H and O–H groups in total. The Morgan fingerprint density at radius 2 is 1.95 bits per heavy atom. The summed E-state index contributed by atoms with van der Waals surface area (Å²) in [5.41, 5.74) is -1.41. The van der Waals surface area contributed by atoms with E-state index >= 15 is 0 Å². The van der Waals surface area contributed by atoms with Gasteiger partial charge in [0, 0.05) is 10.9 Å². The molecule has 0 spiro atoms. The van der Waals surface area contributed by atoms with E-state index in [1.807, 2.05) is 5.32 Å². The second-order valence-electron chi connectivity index (χ2n) is 4.96. The standard InChI is InChI=1S/C13H14BrFN2O4/c1-13(2,11(19)20)6-9(18)16-12(21)17-10-7(14)4-3-5-8(10)15/h3-5H,6H2,1-2H3,(H,19,20)(H2,16,17,18,21). The summed E-state index contributed by atoms with van der Waals surface area (Å²) < 4.78 is 13.8. The number of carbonyl (C=O) groups is 3. The van der Waals surface area contributed by atoms with Crippen molar-refractivity contribution in [2.75, 3.05) is 5.32 Å². The summed E-state index contributed by atoms with van der Waals surface area (Å²) in [6.45, 7) is 2.72. The molecule has 0 unspecified atom stereocenters. The van der Waals surface area contributed by atoms with Gasteiger partial charge in [0.05, 0.1) is 11.1 Å². The number of rotatable bonds is 4. The lowest BCUT2D eigenvalue weighted by atomic mass is 9.89. The highest BCUT2D eigenvalue weighted by molar-refractivity contribution is 9.10. The van der Waals surface area contributed by atoms with Crippen molar-refractivity contribution in [3.63, 3.8) is 0 Å². The van der Waals surface area contributed by atoms with Gasteiger partial charge in [-0.2, -0.15) is 0 Å². The van der Waals surface area contributed by atoms with Crippen molar-refractivity contribution in [3.8, 4) is 0 Å². The van der Waals surface area contributed by atoms with E-state index in [0.717, 1.165) is 6.07 Å². The minimum atomic E-state index is -1.30. The molecule has 0 radical (unpaired) electrons. The lowest BCUT2D eigenvalue weighted by Gasteiger charge is -2.18. The topological polar surface area (TPSA) is 95.5 Å². The van der Waals surface area contributed by atoms with Gasteiger partial charge in [0.15, 0.2) is 0 Å². The zero-order valence-electron chi connectivity index (χ0n) is 11.4. The zero-order valence-corrected chi connectivity index (χ0v) is 13.0. The molecule has 0 atom stereocenters. The average Bonchev–Trinajstić information content (AvgIpc) is 2.32. The molecule has 0 aliphatic carbocycles. The number of aliphatic carboxylic acids is 1. The van der Waals surface area contributed by atoms with Crippen LogP contribution in [0.25, 0.3) is 0 Å². The molecule has 1 aromatic rings. The van der Waals surface area contributed by atoms with Gasteiger partial charge >= 0.3 is 12.0 Å². The number of carboxylic acid groups (broad SMARTS) is 1. The average molecular weight is 361 g/mol. The molecule has 0 aliphatic rings. The van der Waals surface area contributed by atoms with Crippen molar-refractivity contribution in [2.24, 2.45) is 5.41 Å². The molecule has 6 nitrogen and oxygen atoms in total. The Hall–Kier alpha value is -1.96. The number of anilines is 1. The molecule has 0 saturated carbocycles. The molecule has 21 heavy (non-hydrogen) atoms. The Morgan fingerprint density at radius 3 is 2.48 bits per heavy atom. The van der Waals surface area contributed by atoms with Crippen LogP contribution >= 0.6 is 15.9 Å². The van der Waals surface area contributed by atoms with Crippen molar-refractivity contribution < 1.29 is 23.9 Å². The van der Waals surface area contributed by atoms with Gasteiger partial charge in [-0.15, -0.1) is 0 Å². The van der Waals surface area contributed by atoms with Gasteiger partial charge in [0.25, 0.3) is 0 Å². The van der Waals surface area contributed by atoms with Gasteiger partial charge in [0.2, 0.25) is 5.91 Å². The maximum Gasteiger partial charge on any atom is 0.325 e. The van der Waals surface area contributed by atoms with Gasteiger partial charge in [-0.05, 0) is 41.9 Å². The van der Waals surface area contributed by atoms with E-state index in [1.54, 1.807) is 0 Å². The molecule has 114 valence electrons. The summed E-state index contributed by atoms with van der Waals surface area (Å²) in [7, 11) is 0. The Morgan fingerprint density at radius 1 is 1.33 bits per heavy atom. The van der Waals surface area contributed by atoms with Crippen molar-refractivity contribution in [1.82, 2.24) is 5.32 Å². The number of halogens is 2. The van der Waals surface area contributed by atoms with E-state index < -0.39 is 29.1 Å². The number of para-hydroxylation sites is 1. The molecule has 0 aromatic heterocycles.